The highest BCUT2D eigenvalue weighted by atomic mass is 16.2. The van der Waals surface area contributed by atoms with Gasteiger partial charge < -0.3 is 11.1 Å². The lowest BCUT2D eigenvalue weighted by Gasteiger charge is -2.26. The van der Waals surface area contributed by atoms with E-state index >= 15 is 0 Å². The van der Waals surface area contributed by atoms with Crippen molar-refractivity contribution in [1.82, 2.24) is 5.32 Å². The minimum atomic E-state index is -0.488. The second-order valence-corrected chi connectivity index (χ2v) is 6.39. The third kappa shape index (κ3) is 3.21. The zero-order valence-corrected chi connectivity index (χ0v) is 12.6. The molecule has 3 nitrogen and oxygen atoms in total. The maximum absolute atomic E-state index is 12.5. The van der Waals surface area contributed by atoms with Crippen molar-refractivity contribution in [1.29, 1.82) is 0 Å². The van der Waals surface area contributed by atoms with Gasteiger partial charge in [0.2, 0.25) is 5.91 Å². The van der Waals surface area contributed by atoms with Gasteiger partial charge in [0.05, 0.1) is 5.41 Å². The number of rotatable bonds is 5. The summed E-state index contributed by atoms with van der Waals surface area (Å²) in [6.07, 6.45) is 3.64. The van der Waals surface area contributed by atoms with Crippen LogP contribution in [0.25, 0.3) is 0 Å². The standard InChI is InChI=1S/C17H26N2O/c1-17(2,15-9-4-3-5-10-15)16(20)19-12-14-8-6-7-13(14)11-18/h3-5,9-10,13-14H,6-8,11-12,18H2,1-2H3,(H,19,20). The number of carbonyl (C=O) groups excluding carboxylic acids is 1. The average Bonchev–Trinajstić information content (AvgIpc) is 2.93. The molecule has 0 aliphatic heterocycles. The molecule has 3 N–H and O–H groups in total. The quantitative estimate of drug-likeness (QED) is 0.866. The average molecular weight is 274 g/mol. The van der Waals surface area contributed by atoms with E-state index in [0.717, 1.165) is 18.7 Å². The highest BCUT2D eigenvalue weighted by molar-refractivity contribution is 5.87. The number of hydrogen-bond acceptors (Lipinski definition) is 2. The molecule has 1 amide bonds. The Bertz CT molecular complexity index is 442. The van der Waals surface area contributed by atoms with E-state index in [-0.39, 0.29) is 5.91 Å². The topological polar surface area (TPSA) is 55.1 Å². The SMILES string of the molecule is CC(C)(C(=O)NCC1CCCC1CN)c1ccccc1. The molecule has 3 heteroatoms. The smallest absolute Gasteiger partial charge is 0.230 e. The number of nitrogens with one attached hydrogen (secondary N) is 1. The molecule has 1 aromatic carbocycles. The second kappa shape index (κ2) is 6.40. The van der Waals surface area contributed by atoms with Crippen LogP contribution in [-0.2, 0) is 10.2 Å². The molecule has 0 bridgehead atoms. The number of amides is 1. The molecule has 2 atom stereocenters. The van der Waals surface area contributed by atoms with Crippen LogP contribution >= 0.6 is 0 Å². The van der Waals surface area contributed by atoms with Crippen molar-refractivity contribution < 1.29 is 4.79 Å². The predicted octanol–water partition coefficient (Wildman–Crippen LogP) is 2.46. The van der Waals surface area contributed by atoms with Crippen LogP contribution < -0.4 is 11.1 Å². The van der Waals surface area contributed by atoms with Crippen LogP contribution in [0, 0.1) is 11.8 Å². The molecule has 0 radical (unpaired) electrons. The van der Waals surface area contributed by atoms with Gasteiger partial charge in [-0.1, -0.05) is 36.8 Å². The van der Waals surface area contributed by atoms with E-state index in [2.05, 4.69) is 5.32 Å². The second-order valence-electron chi connectivity index (χ2n) is 6.39. The third-order valence-electron chi connectivity index (χ3n) is 4.71. The van der Waals surface area contributed by atoms with Gasteiger partial charge in [-0.05, 0) is 50.6 Å². The molecule has 0 heterocycles. The van der Waals surface area contributed by atoms with E-state index in [1.807, 2.05) is 44.2 Å². The first kappa shape index (κ1) is 15.0. The summed E-state index contributed by atoms with van der Waals surface area (Å²) >= 11 is 0. The molecule has 1 fully saturated rings. The molecule has 20 heavy (non-hydrogen) atoms. The maximum Gasteiger partial charge on any atom is 0.230 e. The van der Waals surface area contributed by atoms with Crippen molar-refractivity contribution >= 4 is 5.91 Å². The third-order valence-corrected chi connectivity index (χ3v) is 4.71. The molecule has 0 spiro atoms. The molecule has 0 saturated heterocycles. The molecule has 1 aromatic rings. The van der Waals surface area contributed by atoms with Gasteiger partial charge in [-0.3, -0.25) is 4.79 Å². The fourth-order valence-corrected chi connectivity index (χ4v) is 3.12. The summed E-state index contributed by atoms with van der Waals surface area (Å²) in [6, 6.07) is 9.95. The van der Waals surface area contributed by atoms with Crippen LogP contribution in [-0.4, -0.2) is 19.0 Å². The van der Waals surface area contributed by atoms with Crippen molar-refractivity contribution in [3.05, 3.63) is 35.9 Å². The summed E-state index contributed by atoms with van der Waals surface area (Å²) in [7, 11) is 0. The van der Waals surface area contributed by atoms with E-state index in [1.54, 1.807) is 0 Å². The minimum absolute atomic E-state index is 0.103. The van der Waals surface area contributed by atoms with Gasteiger partial charge in [-0.2, -0.15) is 0 Å². The number of nitrogens with two attached hydrogens (primary N) is 1. The van der Waals surface area contributed by atoms with Crippen molar-refractivity contribution in [3.8, 4) is 0 Å². The van der Waals surface area contributed by atoms with Crippen molar-refractivity contribution in [2.24, 2.45) is 17.6 Å². The molecule has 1 aliphatic rings. The van der Waals surface area contributed by atoms with E-state index < -0.39 is 5.41 Å². The van der Waals surface area contributed by atoms with Gasteiger partial charge >= 0.3 is 0 Å². The van der Waals surface area contributed by atoms with E-state index in [0.29, 0.717) is 11.8 Å². The van der Waals surface area contributed by atoms with Crippen molar-refractivity contribution in [2.75, 3.05) is 13.1 Å². The van der Waals surface area contributed by atoms with Crippen molar-refractivity contribution in [3.63, 3.8) is 0 Å². The highest BCUT2D eigenvalue weighted by Gasteiger charge is 2.31. The molecule has 2 rings (SSSR count). The summed E-state index contributed by atoms with van der Waals surface area (Å²) < 4.78 is 0. The monoisotopic (exact) mass is 274 g/mol. The zero-order chi connectivity index (χ0) is 14.6. The lowest BCUT2D eigenvalue weighted by molar-refractivity contribution is -0.125. The van der Waals surface area contributed by atoms with Gasteiger partial charge in [-0.15, -0.1) is 0 Å². The highest BCUT2D eigenvalue weighted by Crippen LogP contribution is 2.30. The van der Waals surface area contributed by atoms with Gasteiger partial charge in [-0.25, -0.2) is 0 Å². The fraction of sp³-hybridized carbons (Fsp3) is 0.588. The van der Waals surface area contributed by atoms with Gasteiger partial charge in [0.1, 0.15) is 0 Å². The van der Waals surface area contributed by atoms with Gasteiger partial charge in [0.15, 0.2) is 0 Å². The fourth-order valence-electron chi connectivity index (χ4n) is 3.12. The largest absolute Gasteiger partial charge is 0.355 e. The Labute approximate surface area is 121 Å². The van der Waals surface area contributed by atoms with Gasteiger partial charge in [0.25, 0.3) is 0 Å². The number of benzene rings is 1. The Morgan fingerprint density at radius 3 is 2.55 bits per heavy atom. The van der Waals surface area contributed by atoms with Crippen LogP contribution in [0.5, 0.6) is 0 Å². The maximum atomic E-state index is 12.5. The predicted molar refractivity (Wildman–Crippen MR) is 82.4 cm³/mol. The molecule has 1 saturated carbocycles. The lowest BCUT2D eigenvalue weighted by atomic mass is 9.83. The molecular formula is C17H26N2O. The normalized spacial score (nSPS) is 22.8. The zero-order valence-electron chi connectivity index (χ0n) is 12.6. The number of carbonyl (C=O) groups is 1. The van der Waals surface area contributed by atoms with Crippen LogP contribution in [0.1, 0.15) is 38.7 Å². The van der Waals surface area contributed by atoms with Crippen LogP contribution in [0.2, 0.25) is 0 Å². The molecule has 1 aliphatic carbocycles. The molecule has 2 unspecified atom stereocenters. The Kier molecular flexibility index (Phi) is 4.81. The van der Waals surface area contributed by atoms with Crippen LogP contribution in [0.4, 0.5) is 0 Å². The first-order chi connectivity index (χ1) is 9.55. The molecular weight excluding hydrogens is 248 g/mol. The van der Waals surface area contributed by atoms with E-state index in [1.165, 1.54) is 19.3 Å². The Morgan fingerprint density at radius 1 is 1.25 bits per heavy atom. The lowest BCUT2D eigenvalue weighted by Crippen LogP contribution is -2.43. The summed E-state index contributed by atoms with van der Waals surface area (Å²) in [4.78, 5) is 12.5. The summed E-state index contributed by atoms with van der Waals surface area (Å²) in [5.74, 6) is 1.23. The van der Waals surface area contributed by atoms with E-state index in [9.17, 15) is 4.79 Å². The van der Waals surface area contributed by atoms with Crippen LogP contribution in [0.15, 0.2) is 30.3 Å². The number of hydrogen-bond donors (Lipinski definition) is 2. The minimum Gasteiger partial charge on any atom is -0.355 e. The summed E-state index contributed by atoms with van der Waals surface area (Å²) in [6.45, 7) is 5.46. The van der Waals surface area contributed by atoms with Crippen LogP contribution in [0.3, 0.4) is 0 Å². The van der Waals surface area contributed by atoms with Crippen molar-refractivity contribution in [2.45, 2.75) is 38.5 Å². The van der Waals surface area contributed by atoms with E-state index in [4.69, 9.17) is 5.73 Å². The molecule has 110 valence electrons. The van der Waals surface area contributed by atoms with Gasteiger partial charge in [0, 0.05) is 6.54 Å². The first-order valence-corrected chi connectivity index (χ1v) is 7.59. The summed E-state index contributed by atoms with van der Waals surface area (Å²) in [5, 5.41) is 3.13. The molecule has 0 aromatic heterocycles. The Morgan fingerprint density at radius 2 is 1.90 bits per heavy atom. The Balaban J connectivity index is 1.94. The Hall–Kier alpha value is -1.35. The summed E-state index contributed by atoms with van der Waals surface area (Å²) in [5.41, 5.74) is 6.36. The first-order valence-electron chi connectivity index (χ1n) is 7.59.